The SMILES string of the molecule is Cc1cc(-c2nc(C(N)CN3CCCCC3)no2)on1. The summed E-state index contributed by atoms with van der Waals surface area (Å²) in [5, 5.41) is 7.74. The third-order valence-corrected chi connectivity index (χ3v) is 3.52. The Morgan fingerprint density at radius 2 is 2.05 bits per heavy atom. The van der Waals surface area contributed by atoms with Crippen molar-refractivity contribution < 1.29 is 9.05 Å². The van der Waals surface area contributed by atoms with Crippen LogP contribution in [0.3, 0.4) is 0 Å². The molecule has 0 amide bonds. The molecule has 0 radical (unpaired) electrons. The molecule has 1 saturated heterocycles. The van der Waals surface area contributed by atoms with Gasteiger partial charge in [-0.2, -0.15) is 4.98 Å². The van der Waals surface area contributed by atoms with Gasteiger partial charge < -0.3 is 19.7 Å². The van der Waals surface area contributed by atoms with Gasteiger partial charge in [0, 0.05) is 12.6 Å². The van der Waals surface area contributed by atoms with Crippen LogP contribution in [-0.4, -0.2) is 39.8 Å². The topological polar surface area (TPSA) is 94.2 Å². The largest absolute Gasteiger partial charge is 0.351 e. The summed E-state index contributed by atoms with van der Waals surface area (Å²) in [6, 6.07) is 1.52. The van der Waals surface area contributed by atoms with Gasteiger partial charge >= 0.3 is 0 Å². The van der Waals surface area contributed by atoms with Gasteiger partial charge in [0.1, 0.15) is 0 Å². The highest BCUT2D eigenvalue weighted by molar-refractivity contribution is 5.43. The summed E-state index contributed by atoms with van der Waals surface area (Å²) in [6.45, 7) is 4.79. The van der Waals surface area contributed by atoms with E-state index in [-0.39, 0.29) is 6.04 Å². The summed E-state index contributed by atoms with van der Waals surface area (Å²) in [7, 11) is 0. The van der Waals surface area contributed by atoms with Crippen LogP contribution >= 0.6 is 0 Å². The van der Waals surface area contributed by atoms with Gasteiger partial charge in [-0.3, -0.25) is 0 Å². The second kappa shape index (κ2) is 5.72. The molecular weight excluding hydrogens is 258 g/mol. The predicted octanol–water partition coefficient (Wildman–Crippen LogP) is 1.52. The molecule has 0 aromatic carbocycles. The lowest BCUT2D eigenvalue weighted by Gasteiger charge is -2.27. The van der Waals surface area contributed by atoms with E-state index in [1.807, 2.05) is 6.92 Å². The molecule has 2 aromatic rings. The highest BCUT2D eigenvalue weighted by Gasteiger charge is 2.21. The first kappa shape index (κ1) is 13.3. The average Bonchev–Trinajstić information content (AvgIpc) is 3.08. The first-order valence-corrected chi connectivity index (χ1v) is 6.97. The van der Waals surface area contributed by atoms with Crippen molar-refractivity contribution in [2.24, 2.45) is 5.73 Å². The quantitative estimate of drug-likeness (QED) is 0.905. The van der Waals surface area contributed by atoms with E-state index in [9.17, 15) is 0 Å². The fraction of sp³-hybridized carbons (Fsp3) is 0.615. The Morgan fingerprint density at radius 3 is 2.75 bits per heavy atom. The summed E-state index contributed by atoms with van der Waals surface area (Å²) in [5.74, 6) is 1.32. The van der Waals surface area contributed by atoms with Gasteiger partial charge in [0.15, 0.2) is 5.82 Å². The lowest BCUT2D eigenvalue weighted by atomic mass is 10.1. The minimum absolute atomic E-state index is 0.241. The van der Waals surface area contributed by atoms with E-state index in [1.165, 1.54) is 19.3 Å². The number of aryl methyl sites for hydroxylation is 1. The van der Waals surface area contributed by atoms with Crippen molar-refractivity contribution in [1.29, 1.82) is 0 Å². The molecule has 2 N–H and O–H groups in total. The molecule has 1 atom stereocenters. The van der Waals surface area contributed by atoms with Crippen molar-refractivity contribution in [3.05, 3.63) is 17.6 Å². The minimum Gasteiger partial charge on any atom is -0.351 e. The third kappa shape index (κ3) is 2.88. The van der Waals surface area contributed by atoms with E-state index in [0.717, 1.165) is 25.3 Å². The molecule has 7 nitrogen and oxygen atoms in total. The second-order valence-corrected chi connectivity index (χ2v) is 5.26. The average molecular weight is 277 g/mol. The van der Waals surface area contributed by atoms with E-state index in [4.69, 9.17) is 14.8 Å². The van der Waals surface area contributed by atoms with Crippen LogP contribution in [-0.2, 0) is 0 Å². The van der Waals surface area contributed by atoms with Gasteiger partial charge in [-0.05, 0) is 32.9 Å². The fourth-order valence-electron chi connectivity index (χ4n) is 2.45. The maximum Gasteiger partial charge on any atom is 0.296 e. The highest BCUT2D eigenvalue weighted by atomic mass is 16.5. The van der Waals surface area contributed by atoms with Crippen LogP contribution < -0.4 is 5.73 Å². The first-order chi connectivity index (χ1) is 9.72. The monoisotopic (exact) mass is 277 g/mol. The zero-order chi connectivity index (χ0) is 13.9. The van der Waals surface area contributed by atoms with E-state index < -0.39 is 0 Å². The number of nitrogens with two attached hydrogens (primary N) is 1. The van der Waals surface area contributed by atoms with Crippen LogP contribution in [0.2, 0.25) is 0 Å². The van der Waals surface area contributed by atoms with Crippen molar-refractivity contribution in [2.75, 3.05) is 19.6 Å². The molecule has 0 aliphatic carbocycles. The molecule has 1 aliphatic rings. The van der Waals surface area contributed by atoms with Crippen molar-refractivity contribution in [3.8, 4) is 11.7 Å². The van der Waals surface area contributed by atoms with Crippen LogP contribution in [0.15, 0.2) is 15.1 Å². The standard InChI is InChI=1S/C13H19N5O2/c1-9-7-11(19-16-9)13-15-12(17-20-13)10(14)8-18-5-3-2-4-6-18/h7,10H,2-6,8,14H2,1H3. The second-order valence-electron chi connectivity index (χ2n) is 5.26. The van der Waals surface area contributed by atoms with Crippen LogP contribution in [0.1, 0.15) is 36.8 Å². The zero-order valence-electron chi connectivity index (χ0n) is 11.6. The van der Waals surface area contributed by atoms with E-state index >= 15 is 0 Å². The predicted molar refractivity (Wildman–Crippen MR) is 71.8 cm³/mol. The fourth-order valence-corrected chi connectivity index (χ4v) is 2.45. The highest BCUT2D eigenvalue weighted by Crippen LogP contribution is 2.20. The molecule has 7 heteroatoms. The summed E-state index contributed by atoms with van der Waals surface area (Å²) in [6.07, 6.45) is 3.78. The molecule has 3 heterocycles. The van der Waals surface area contributed by atoms with Gasteiger partial charge in [0.2, 0.25) is 5.76 Å². The lowest BCUT2D eigenvalue weighted by Crippen LogP contribution is -2.36. The number of hydrogen-bond donors (Lipinski definition) is 1. The van der Waals surface area contributed by atoms with Crippen LogP contribution in [0, 0.1) is 6.92 Å². The van der Waals surface area contributed by atoms with Crippen molar-refractivity contribution in [2.45, 2.75) is 32.2 Å². The van der Waals surface area contributed by atoms with Crippen molar-refractivity contribution in [1.82, 2.24) is 20.2 Å². The van der Waals surface area contributed by atoms with Gasteiger partial charge in [-0.15, -0.1) is 0 Å². The number of hydrogen-bond acceptors (Lipinski definition) is 7. The van der Waals surface area contributed by atoms with Crippen LogP contribution in [0.5, 0.6) is 0 Å². The van der Waals surface area contributed by atoms with E-state index in [2.05, 4.69) is 20.2 Å². The summed E-state index contributed by atoms with van der Waals surface area (Å²) >= 11 is 0. The van der Waals surface area contributed by atoms with Gasteiger partial charge in [-0.25, -0.2) is 0 Å². The molecule has 1 fully saturated rings. The summed E-state index contributed by atoms with van der Waals surface area (Å²) in [4.78, 5) is 6.65. The zero-order valence-corrected chi connectivity index (χ0v) is 11.6. The molecular formula is C13H19N5O2. The van der Waals surface area contributed by atoms with E-state index in [0.29, 0.717) is 17.5 Å². The normalized spacial score (nSPS) is 18.3. The van der Waals surface area contributed by atoms with Crippen LogP contribution in [0.25, 0.3) is 11.7 Å². The summed E-state index contributed by atoms with van der Waals surface area (Å²) in [5.41, 5.74) is 6.92. The smallest absolute Gasteiger partial charge is 0.296 e. The maximum atomic E-state index is 6.15. The Labute approximate surface area is 117 Å². The molecule has 0 bridgehead atoms. The van der Waals surface area contributed by atoms with Crippen molar-refractivity contribution >= 4 is 0 Å². The molecule has 2 aromatic heterocycles. The number of nitrogens with zero attached hydrogens (tertiary/aromatic N) is 4. The van der Waals surface area contributed by atoms with Crippen LogP contribution in [0.4, 0.5) is 0 Å². The Hall–Kier alpha value is -1.73. The van der Waals surface area contributed by atoms with Gasteiger partial charge in [0.05, 0.1) is 11.7 Å². The third-order valence-electron chi connectivity index (χ3n) is 3.52. The Bertz CT molecular complexity index is 559. The molecule has 108 valence electrons. The van der Waals surface area contributed by atoms with Gasteiger partial charge in [0.25, 0.3) is 5.89 Å². The molecule has 0 spiro atoms. The number of piperidine rings is 1. The van der Waals surface area contributed by atoms with E-state index in [1.54, 1.807) is 6.07 Å². The molecule has 1 unspecified atom stereocenters. The van der Waals surface area contributed by atoms with Crippen molar-refractivity contribution in [3.63, 3.8) is 0 Å². The number of aromatic nitrogens is 3. The number of likely N-dealkylation sites (tertiary alicyclic amines) is 1. The Kier molecular flexibility index (Phi) is 3.79. The maximum absolute atomic E-state index is 6.15. The molecule has 1 aliphatic heterocycles. The number of rotatable bonds is 4. The van der Waals surface area contributed by atoms with Gasteiger partial charge in [-0.1, -0.05) is 16.7 Å². The molecule has 0 saturated carbocycles. The lowest BCUT2D eigenvalue weighted by molar-refractivity contribution is 0.213. The Morgan fingerprint density at radius 1 is 1.25 bits per heavy atom. The minimum atomic E-state index is -0.241. The first-order valence-electron chi connectivity index (χ1n) is 6.97. The Balaban J connectivity index is 1.66. The molecule has 3 rings (SSSR count). The molecule has 20 heavy (non-hydrogen) atoms. The summed E-state index contributed by atoms with van der Waals surface area (Å²) < 4.78 is 10.3.